The summed E-state index contributed by atoms with van der Waals surface area (Å²) in [6, 6.07) is -0.558. The van der Waals surface area contributed by atoms with Gasteiger partial charge in [-0.1, -0.05) is 244 Å². The van der Waals surface area contributed by atoms with Crippen molar-refractivity contribution < 1.29 is 24.5 Å². The van der Waals surface area contributed by atoms with Gasteiger partial charge in [-0.3, -0.25) is 9.59 Å². The maximum absolute atomic E-state index is 12.5. The predicted octanol–water partition coefficient (Wildman–Crippen LogP) is 16.1. The van der Waals surface area contributed by atoms with Crippen LogP contribution in [0.5, 0.6) is 0 Å². The third-order valence-corrected chi connectivity index (χ3v) is 12.6. The molecule has 0 spiro atoms. The lowest BCUT2D eigenvalue weighted by molar-refractivity contribution is -0.143. The molecule has 356 valence electrons. The Labute approximate surface area is 374 Å². The lowest BCUT2D eigenvalue weighted by Crippen LogP contribution is -2.45. The molecule has 0 aliphatic carbocycles. The minimum absolute atomic E-state index is 0.0265. The minimum atomic E-state index is -0.679. The number of unbranched alkanes of at least 4 members (excludes halogenated alkanes) is 37. The van der Waals surface area contributed by atoms with E-state index >= 15 is 0 Å². The van der Waals surface area contributed by atoms with Crippen LogP contribution in [0.3, 0.4) is 0 Å². The van der Waals surface area contributed by atoms with Gasteiger partial charge in [0.25, 0.3) is 0 Å². The van der Waals surface area contributed by atoms with Gasteiger partial charge >= 0.3 is 5.97 Å². The van der Waals surface area contributed by atoms with Crippen molar-refractivity contribution in [3.05, 3.63) is 12.2 Å². The van der Waals surface area contributed by atoms with Crippen molar-refractivity contribution in [2.75, 3.05) is 13.2 Å². The number of aliphatic hydroxyl groups is 2. The maximum atomic E-state index is 12.5. The third kappa shape index (κ3) is 46.1. The number of amides is 1. The van der Waals surface area contributed by atoms with Crippen molar-refractivity contribution in [2.24, 2.45) is 0 Å². The smallest absolute Gasteiger partial charge is 0.305 e. The van der Waals surface area contributed by atoms with Crippen molar-refractivity contribution in [3.8, 4) is 0 Å². The number of esters is 1. The van der Waals surface area contributed by atoms with Gasteiger partial charge in [-0.2, -0.15) is 0 Å². The topological polar surface area (TPSA) is 95.9 Å². The largest absolute Gasteiger partial charge is 0.466 e. The number of hydrogen-bond acceptors (Lipinski definition) is 5. The van der Waals surface area contributed by atoms with Crippen LogP contribution in [-0.4, -0.2) is 47.4 Å². The molecule has 0 rings (SSSR count). The van der Waals surface area contributed by atoms with E-state index in [1.807, 2.05) is 0 Å². The summed E-state index contributed by atoms with van der Waals surface area (Å²) in [5, 5.41) is 23.3. The molecular formula is C54H105NO5. The van der Waals surface area contributed by atoms with Gasteiger partial charge in [0.1, 0.15) is 0 Å². The van der Waals surface area contributed by atoms with Crippen LogP contribution in [0.2, 0.25) is 0 Å². The number of rotatable bonds is 50. The van der Waals surface area contributed by atoms with E-state index in [4.69, 9.17) is 4.74 Å². The molecular weight excluding hydrogens is 743 g/mol. The summed E-state index contributed by atoms with van der Waals surface area (Å²) < 4.78 is 5.45. The van der Waals surface area contributed by atoms with Gasteiger partial charge in [0, 0.05) is 12.8 Å². The molecule has 3 N–H and O–H groups in total. The summed E-state index contributed by atoms with van der Waals surface area (Å²) in [7, 11) is 0. The first-order valence-corrected chi connectivity index (χ1v) is 26.9. The third-order valence-electron chi connectivity index (χ3n) is 12.6. The average Bonchev–Trinajstić information content (AvgIpc) is 3.25. The first kappa shape index (κ1) is 58.6. The van der Waals surface area contributed by atoms with Crippen LogP contribution in [0.1, 0.15) is 296 Å². The van der Waals surface area contributed by atoms with Crippen LogP contribution in [0, 0.1) is 0 Å². The van der Waals surface area contributed by atoms with E-state index in [0.717, 1.165) is 57.8 Å². The fourth-order valence-corrected chi connectivity index (χ4v) is 8.40. The van der Waals surface area contributed by atoms with E-state index in [2.05, 4.69) is 31.3 Å². The Kier molecular flexibility index (Phi) is 49.1. The molecule has 2 atom stereocenters. The second-order valence-corrected chi connectivity index (χ2v) is 18.6. The fourth-order valence-electron chi connectivity index (χ4n) is 8.40. The average molecular weight is 848 g/mol. The highest BCUT2D eigenvalue weighted by atomic mass is 16.5. The SMILES string of the molecule is CCCCCCC/C=C\CCCCCCCC(=O)OCCCCCCCCCCCCC(=O)NC(CO)C(O)CCCCCCCCCCCCCCCCCCCCC. The molecule has 0 bridgehead atoms. The van der Waals surface area contributed by atoms with Gasteiger partial charge in [-0.15, -0.1) is 0 Å². The molecule has 0 aliphatic heterocycles. The van der Waals surface area contributed by atoms with Crippen molar-refractivity contribution in [2.45, 2.75) is 309 Å². The molecule has 0 fully saturated rings. The monoisotopic (exact) mass is 848 g/mol. The fraction of sp³-hybridized carbons (Fsp3) is 0.926. The molecule has 60 heavy (non-hydrogen) atoms. The molecule has 0 aromatic rings. The van der Waals surface area contributed by atoms with Crippen LogP contribution in [0.15, 0.2) is 12.2 Å². The zero-order valence-corrected chi connectivity index (χ0v) is 40.5. The van der Waals surface area contributed by atoms with Gasteiger partial charge in [-0.25, -0.2) is 0 Å². The van der Waals surface area contributed by atoms with Crippen LogP contribution in [0.25, 0.3) is 0 Å². The summed E-state index contributed by atoms with van der Waals surface area (Å²) in [6.07, 6.45) is 57.5. The zero-order valence-electron chi connectivity index (χ0n) is 40.5. The van der Waals surface area contributed by atoms with E-state index in [-0.39, 0.29) is 18.5 Å². The van der Waals surface area contributed by atoms with Gasteiger partial charge in [0.15, 0.2) is 0 Å². The van der Waals surface area contributed by atoms with Gasteiger partial charge in [0.2, 0.25) is 5.91 Å². The van der Waals surface area contributed by atoms with E-state index in [1.54, 1.807) is 0 Å². The Morgan fingerprint density at radius 1 is 0.450 bits per heavy atom. The molecule has 1 amide bonds. The molecule has 0 aromatic heterocycles. The second-order valence-electron chi connectivity index (χ2n) is 18.6. The highest BCUT2D eigenvalue weighted by Gasteiger charge is 2.20. The molecule has 6 heteroatoms. The van der Waals surface area contributed by atoms with E-state index in [1.165, 1.54) is 205 Å². The van der Waals surface area contributed by atoms with Crippen molar-refractivity contribution >= 4 is 11.9 Å². The van der Waals surface area contributed by atoms with Crippen LogP contribution in [0.4, 0.5) is 0 Å². The second kappa shape index (κ2) is 50.2. The molecule has 6 nitrogen and oxygen atoms in total. The van der Waals surface area contributed by atoms with Crippen molar-refractivity contribution in [3.63, 3.8) is 0 Å². The van der Waals surface area contributed by atoms with Crippen LogP contribution >= 0.6 is 0 Å². The predicted molar refractivity (Wildman–Crippen MR) is 260 cm³/mol. The first-order valence-electron chi connectivity index (χ1n) is 26.9. The Bertz CT molecular complexity index is 893. The summed E-state index contributed by atoms with van der Waals surface area (Å²) in [4.78, 5) is 24.5. The summed E-state index contributed by atoms with van der Waals surface area (Å²) in [5.41, 5.74) is 0. The number of allylic oxidation sites excluding steroid dienone is 2. The standard InChI is InChI=1S/C54H105NO5/c1-3-5-7-9-11-13-15-17-19-20-21-22-23-24-26-30-34-38-42-46-52(57)51(50-56)55-53(58)47-43-39-35-31-28-29-33-37-41-45-49-60-54(59)48-44-40-36-32-27-25-18-16-14-12-10-8-6-4-2/h16,18,51-52,56-57H,3-15,17,19-50H2,1-2H3,(H,55,58)/b18-16-. The number of carbonyl (C=O) groups is 2. The summed E-state index contributed by atoms with van der Waals surface area (Å²) in [5.74, 6) is -0.0823. The summed E-state index contributed by atoms with van der Waals surface area (Å²) >= 11 is 0. The Hall–Kier alpha value is -1.40. The Balaban J connectivity index is 3.48. The lowest BCUT2D eigenvalue weighted by atomic mass is 10.0. The number of aliphatic hydroxyl groups excluding tert-OH is 2. The number of ether oxygens (including phenoxy) is 1. The normalized spacial score (nSPS) is 12.7. The van der Waals surface area contributed by atoms with Crippen LogP contribution in [-0.2, 0) is 14.3 Å². The van der Waals surface area contributed by atoms with Gasteiger partial charge in [-0.05, 0) is 51.4 Å². The minimum Gasteiger partial charge on any atom is -0.466 e. The quantitative estimate of drug-likeness (QED) is 0.0322. The Morgan fingerprint density at radius 2 is 0.783 bits per heavy atom. The maximum Gasteiger partial charge on any atom is 0.305 e. The van der Waals surface area contributed by atoms with Gasteiger partial charge in [0.05, 0.1) is 25.4 Å². The molecule has 0 aromatic carbocycles. The van der Waals surface area contributed by atoms with Crippen molar-refractivity contribution in [1.82, 2.24) is 5.32 Å². The molecule has 0 aliphatic rings. The number of carbonyl (C=O) groups excluding carboxylic acids is 2. The Morgan fingerprint density at radius 3 is 1.18 bits per heavy atom. The molecule has 0 radical (unpaired) electrons. The molecule has 0 saturated carbocycles. The van der Waals surface area contributed by atoms with E-state index < -0.39 is 12.1 Å². The number of hydrogen-bond donors (Lipinski definition) is 3. The lowest BCUT2D eigenvalue weighted by Gasteiger charge is -2.22. The van der Waals surface area contributed by atoms with E-state index in [9.17, 15) is 19.8 Å². The van der Waals surface area contributed by atoms with Crippen LogP contribution < -0.4 is 5.32 Å². The molecule has 0 heterocycles. The zero-order chi connectivity index (χ0) is 43.7. The first-order chi connectivity index (χ1) is 29.5. The molecule has 2 unspecified atom stereocenters. The number of nitrogens with one attached hydrogen (secondary N) is 1. The van der Waals surface area contributed by atoms with E-state index in [0.29, 0.717) is 25.9 Å². The van der Waals surface area contributed by atoms with Gasteiger partial charge < -0.3 is 20.3 Å². The molecule has 0 saturated heterocycles. The highest BCUT2D eigenvalue weighted by Crippen LogP contribution is 2.17. The van der Waals surface area contributed by atoms with Crippen molar-refractivity contribution in [1.29, 1.82) is 0 Å². The highest BCUT2D eigenvalue weighted by molar-refractivity contribution is 5.76. The summed E-state index contributed by atoms with van der Waals surface area (Å²) in [6.45, 7) is 4.90.